The third kappa shape index (κ3) is 4.41. The zero-order chi connectivity index (χ0) is 20.3. The molecular weight excluding hydrogens is 370 g/mol. The third-order valence-electron chi connectivity index (χ3n) is 6.27. The van der Waals surface area contributed by atoms with Gasteiger partial charge in [0.25, 0.3) is 5.91 Å². The lowest BCUT2D eigenvalue weighted by Crippen LogP contribution is -2.47. The summed E-state index contributed by atoms with van der Waals surface area (Å²) >= 11 is 0. The summed E-state index contributed by atoms with van der Waals surface area (Å²) in [7, 11) is 0. The van der Waals surface area contributed by atoms with Crippen LogP contribution in [0.3, 0.4) is 0 Å². The Morgan fingerprint density at radius 1 is 1.14 bits per heavy atom. The molecule has 7 nitrogen and oxygen atoms in total. The Bertz CT molecular complexity index is 737. The SMILES string of the molecule is CCNC(=O)N1CCC[C@H](c2cccc(C(=O)N3CCC4(CC3)OCCO4)c2)C1. The monoisotopic (exact) mass is 401 g/mol. The smallest absolute Gasteiger partial charge is 0.317 e. The van der Waals surface area contributed by atoms with Crippen LogP contribution in [-0.2, 0) is 9.47 Å². The molecule has 0 unspecified atom stereocenters. The van der Waals surface area contributed by atoms with E-state index in [4.69, 9.17) is 9.47 Å². The van der Waals surface area contributed by atoms with Gasteiger partial charge in [-0.15, -0.1) is 0 Å². The normalized spacial score (nSPS) is 24.0. The molecule has 158 valence electrons. The van der Waals surface area contributed by atoms with Crippen molar-refractivity contribution in [1.29, 1.82) is 0 Å². The fourth-order valence-corrected chi connectivity index (χ4v) is 4.64. The van der Waals surface area contributed by atoms with Crippen molar-refractivity contribution >= 4 is 11.9 Å². The molecule has 1 atom stereocenters. The van der Waals surface area contributed by atoms with E-state index in [1.807, 2.05) is 34.9 Å². The fourth-order valence-electron chi connectivity index (χ4n) is 4.64. The summed E-state index contributed by atoms with van der Waals surface area (Å²) in [4.78, 5) is 29.0. The maximum absolute atomic E-state index is 13.1. The van der Waals surface area contributed by atoms with Gasteiger partial charge < -0.3 is 24.6 Å². The van der Waals surface area contributed by atoms with E-state index < -0.39 is 5.79 Å². The summed E-state index contributed by atoms with van der Waals surface area (Å²) < 4.78 is 11.5. The number of carbonyl (C=O) groups is 2. The maximum Gasteiger partial charge on any atom is 0.317 e. The molecule has 7 heteroatoms. The minimum Gasteiger partial charge on any atom is -0.347 e. The zero-order valence-electron chi connectivity index (χ0n) is 17.2. The van der Waals surface area contributed by atoms with E-state index in [-0.39, 0.29) is 17.9 Å². The molecule has 0 bridgehead atoms. The average molecular weight is 402 g/mol. The summed E-state index contributed by atoms with van der Waals surface area (Å²) in [5, 5.41) is 2.89. The molecule has 3 amide bonds. The van der Waals surface area contributed by atoms with Gasteiger partial charge in [0.1, 0.15) is 0 Å². The van der Waals surface area contributed by atoms with Gasteiger partial charge in [-0.2, -0.15) is 0 Å². The van der Waals surface area contributed by atoms with Gasteiger partial charge in [-0.05, 0) is 37.5 Å². The highest BCUT2D eigenvalue weighted by atomic mass is 16.7. The molecule has 3 aliphatic rings. The Kier molecular flexibility index (Phi) is 6.06. The minimum atomic E-state index is -0.469. The van der Waals surface area contributed by atoms with Crippen LogP contribution in [0, 0.1) is 0 Å². The van der Waals surface area contributed by atoms with Crippen molar-refractivity contribution in [1.82, 2.24) is 15.1 Å². The number of hydrogen-bond donors (Lipinski definition) is 1. The number of benzene rings is 1. The Hall–Kier alpha value is -2.12. The molecule has 1 aromatic rings. The van der Waals surface area contributed by atoms with Crippen molar-refractivity contribution in [2.24, 2.45) is 0 Å². The topological polar surface area (TPSA) is 71.1 Å². The van der Waals surface area contributed by atoms with Crippen LogP contribution in [0.2, 0.25) is 0 Å². The molecule has 3 heterocycles. The molecule has 3 saturated heterocycles. The fraction of sp³-hybridized carbons (Fsp3) is 0.636. The van der Waals surface area contributed by atoms with Gasteiger partial charge >= 0.3 is 6.03 Å². The first-order valence-electron chi connectivity index (χ1n) is 10.8. The van der Waals surface area contributed by atoms with E-state index >= 15 is 0 Å². The molecule has 4 rings (SSSR count). The van der Waals surface area contributed by atoms with Gasteiger partial charge in [0.15, 0.2) is 5.79 Å². The Morgan fingerprint density at radius 2 is 1.90 bits per heavy atom. The lowest BCUT2D eigenvalue weighted by atomic mass is 9.89. The van der Waals surface area contributed by atoms with Crippen LogP contribution in [0.1, 0.15) is 54.4 Å². The number of nitrogens with one attached hydrogen (secondary N) is 1. The quantitative estimate of drug-likeness (QED) is 0.845. The highest BCUT2D eigenvalue weighted by Gasteiger charge is 2.40. The van der Waals surface area contributed by atoms with Gasteiger partial charge in [-0.3, -0.25) is 4.79 Å². The second kappa shape index (κ2) is 8.71. The molecule has 29 heavy (non-hydrogen) atoms. The largest absolute Gasteiger partial charge is 0.347 e. The predicted octanol–water partition coefficient (Wildman–Crippen LogP) is 2.57. The molecule has 3 aliphatic heterocycles. The molecule has 0 aliphatic carbocycles. The van der Waals surface area contributed by atoms with Crippen molar-refractivity contribution in [3.05, 3.63) is 35.4 Å². The highest BCUT2D eigenvalue weighted by molar-refractivity contribution is 5.94. The van der Waals surface area contributed by atoms with Crippen LogP contribution in [0.15, 0.2) is 24.3 Å². The van der Waals surface area contributed by atoms with Crippen molar-refractivity contribution in [3.63, 3.8) is 0 Å². The number of piperidine rings is 2. The Morgan fingerprint density at radius 3 is 2.62 bits per heavy atom. The standard InChI is InChI=1S/C22H31N3O4/c1-2-23-21(27)25-10-4-7-19(16-25)17-5-3-6-18(15-17)20(26)24-11-8-22(9-12-24)28-13-14-29-22/h3,5-6,15,19H,2,4,7-14,16H2,1H3,(H,23,27)/t19-/m0/s1. The van der Waals surface area contributed by atoms with Crippen molar-refractivity contribution in [3.8, 4) is 0 Å². The number of carbonyl (C=O) groups excluding carboxylic acids is 2. The van der Waals surface area contributed by atoms with Crippen LogP contribution < -0.4 is 5.32 Å². The van der Waals surface area contributed by atoms with Crippen molar-refractivity contribution in [2.75, 3.05) is 45.9 Å². The number of rotatable bonds is 3. The molecule has 0 radical (unpaired) electrons. The predicted molar refractivity (Wildman–Crippen MR) is 109 cm³/mol. The van der Waals surface area contributed by atoms with E-state index in [0.29, 0.717) is 39.4 Å². The molecule has 1 spiro atoms. The second-order valence-electron chi connectivity index (χ2n) is 8.15. The van der Waals surface area contributed by atoms with E-state index in [0.717, 1.165) is 43.4 Å². The van der Waals surface area contributed by atoms with Crippen molar-refractivity contribution in [2.45, 2.75) is 44.3 Å². The summed E-state index contributed by atoms with van der Waals surface area (Å²) in [5.41, 5.74) is 1.86. The van der Waals surface area contributed by atoms with Crippen LogP contribution in [-0.4, -0.2) is 73.5 Å². The summed E-state index contributed by atoms with van der Waals surface area (Å²) in [5.74, 6) is -0.136. The number of nitrogens with zero attached hydrogens (tertiary/aromatic N) is 2. The molecular formula is C22H31N3O4. The van der Waals surface area contributed by atoms with Crippen LogP contribution in [0.4, 0.5) is 4.79 Å². The molecule has 0 aromatic heterocycles. The number of ether oxygens (including phenoxy) is 2. The Labute approximate surface area is 172 Å². The van der Waals surface area contributed by atoms with Gasteiger partial charge in [-0.1, -0.05) is 12.1 Å². The highest BCUT2D eigenvalue weighted by Crippen LogP contribution is 2.32. The first kappa shape index (κ1) is 20.2. The van der Waals surface area contributed by atoms with E-state index in [2.05, 4.69) is 11.4 Å². The van der Waals surface area contributed by atoms with Crippen LogP contribution in [0.5, 0.6) is 0 Å². The van der Waals surface area contributed by atoms with Gasteiger partial charge in [0, 0.05) is 57.0 Å². The zero-order valence-corrected chi connectivity index (χ0v) is 17.2. The average Bonchev–Trinajstić information content (AvgIpc) is 3.22. The van der Waals surface area contributed by atoms with E-state index in [1.54, 1.807) is 0 Å². The summed E-state index contributed by atoms with van der Waals surface area (Å²) in [6.45, 7) is 6.65. The number of hydrogen-bond acceptors (Lipinski definition) is 4. The number of amides is 3. The van der Waals surface area contributed by atoms with Crippen molar-refractivity contribution < 1.29 is 19.1 Å². The second-order valence-corrected chi connectivity index (χ2v) is 8.15. The van der Waals surface area contributed by atoms with Crippen LogP contribution >= 0.6 is 0 Å². The minimum absolute atomic E-state index is 0.00280. The lowest BCUT2D eigenvalue weighted by Gasteiger charge is -2.37. The summed E-state index contributed by atoms with van der Waals surface area (Å²) in [6.07, 6.45) is 3.47. The maximum atomic E-state index is 13.1. The third-order valence-corrected chi connectivity index (χ3v) is 6.27. The summed E-state index contributed by atoms with van der Waals surface area (Å²) in [6, 6.07) is 7.95. The lowest BCUT2D eigenvalue weighted by molar-refractivity contribution is -0.181. The van der Waals surface area contributed by atoms with Gasteiger partial charge in [-0.25, -0.2) is 4.79 Å². The van der Waals surface area contributed by atoms with Gasteiger partial charge in [0.05, 0.1) is 13.2 Å². The number of likely N-dealkylation sites (tertiary alicyclic amines) is 2. The molecule has 1 N–H and O–H groups in total. The Balaban J connectivity index is 1.40. The number of urea groups is 1. The van der Waals surface area contributed by atoms with Gasteiger partial charge in [0.2, 0.25) is 0 Å². The van der Waals surface area contributed by atoms with E-state index in [1.165, 1.54) is 0 Å². The molecule has 0 saturated carbocycles. The van der Waals surface area contributed by atoms with Crippen LogP contribution in [0.25, 0.3) is 0 Å². The molecule has 3 fully saturated rings. The first-order valence-corrected chi connectivity index (χ1v) is 10.8. The van der Waals surface area contributed by atoms with E-state index in [9.17, 15) is 9.59 Å². The first-order chi connectivity index (χ1) is 14.1. The molecule has 1 aromatic carbocycles.